The highest BCUT2D eigenvalue weighted by Crippen LogP contribution is 2.24. The van der Waals surface area contributed by atoms with Gasteiger partial charge in [-0.15, -0.1) is 0 Å². The first kappa shape index (κ1) is 15.7. The SMILES string of the molecule is Cc1cccc(-c2nc(C(C)(C)C)n(CCN(C)C)n2)c1. The standard InChI is InChI=1S/C17H26N4/c1-13-8-7-9-14(12-13)15-18-16(17(2,3)4)21(19-15)11-10-20(5)6/h7-9,12H,10-11H2,1-6H3. The highest BCUT2D eigenvalue weighted by Gasteiger charge is 2.23. The van der Waals surface area contributed by atoms with E-state index in [2.05, 4.69) is 75.6 Å². The van der Waals surface area contributed by atoms with Crippen LogP contribution in [0.15, 0.2) is 24.3 Å². The number of aromatic nitrogens is 3. The van der Waals surface area contributed by atoms with E-state index in [-0.39, 0.29) is 5.41 Å². The number of hydrogen-bond acceptors (Lipinski definition) is 3. The van der Waals surface area contributed by atoms with Crippen LogP contribution in [0.2, 0.25) is 0 Å². The maximum Gasteiger partial charge on any atom is 0.181 e. The van der Waals surface area contributed by atoms with Crippen molar-refractivity contribution >= 4 is 0 Å². The van der Waals surface area contributed by atoms with E-state index < -0.39 is 0 Å². The molecular weight excluding hydrogens is 260 g/mol. The summed E-state index contributed by atoms with van der Waals surface area (Å²) in [5.74, 6) is 1.86. The first-order valence-electron chi connectivity index (χ1n) is 7.44. The van der Waals surface area contributed by atoms with Gasteiger partial charge in [0.25, 0.3) is 0 Å². The van der Waals surface area contributed by atoms with E-state index in [1.165, 1.54) is 5.56 Å². The van der Waals surface area contributed by atoms with Gasteiger partial charge in [-0.05, 0) is 27.1 Å². The Morgan fingerprint density at radius 3 is 2.48 bits per heavy atom. The van der Waals surface area contributed by atoms with Crippen LogP contribution in [0, 0.1) is 6.92 Å². The second-order valence-electron chi connectivity index (χ2n) is 6.90. The molecule has 2 rings (SSSR count). The van der Waals surface area contributed by atoms with Gasteiger partial charge in [-0.25, -0.2) is 9.67 Å². The van der Waals surface area contributed by atoms with Gasteiger partial charge in [0.1, 0.15) is 5.82 Å². The highest BCUT2D eigenvalue weighted by molar-refractivity contribution is 5.55. The first-order valence-corrected chi connectivity index (χ1v) is 7.44. The number of aryl methyl sites for hydroxylation is 1. The van der Waals surface area contributed by atoms with Crippen molar-refractivity contribution in [2.75, 3.05) is 20.6 Å². The van der Waals surface area contributed by atoms with Gasteiger partial charge < -0.3 is 4.90 Å². The molecule has 0 saturated heterocycles. The molecular formula is C17H26N4. The zero-order valence-corrected chi connectivity index (χ0v) is 14.0. The van der Waals surface area contributed by atoms with Crippen molar-refractivity contribution < 1.29 is 0 Å². The van der Waals surface area contributed by atoms with Crippen molar-refractivity contribution in [3.05, 3.63) is 35.7 Å². The number of likely N-dealkylation sites (N-methyl/N-ethyl adjacent to an activating group) is 1. The van der Waals surface area contributed by atoms with Crippen LogP contribution in [-0.4, -0.2) is 40.3 Å². The zero-order chi connectivity index (χ0) is 15.6. The minimum absolute atomic E-state index is 0.0125. The molecule has 0 unspecified atom stereocenters. The predicted molar refractivity (Wildman–Crippen MR) is 87.4 cm³/mol. The van der Waals surface area contributed by atoms with E-state index in [9.17, 15) is 0 Å². The third-order valence-electron chi connectivity index (χ3n) is 3.38. The minimum atomic E-state index is -0.0125. The van der Waals surface area contributed by atoms with Crippen LogP contribution in [0.1, 0.15) is 32.2 Å². The molecule has 1 aromatic carbocycles. The number of hydrogen-bond donors (Lipinski definition) is 0. The maximum absolute atomic E-state index is 4.80. The third kappa shape index (κ3) is 3.91. The van der Waals surface area contributed by atoms with Crippen LogP contribution in [0.25, 0.3) is 11.4 Å². The maximum atomic E-state index is 4.80. The molecule has 4 heteroatoms. The molecule has 1 heterocycles. The lowest BCUT2D eigenvalue weighted by Crippen LogP contribution is -2.24. The molecule has 21 heavy (non-hydrogen) atoms. The summed E-state index contributed by atoms with van der Waals surface area (Å²) in [6.45, 7) is 10.5. The summed E-state index contributed by atoms with van der Waals surface area (Å²) in [4.78, 5) is 6.97. The molecule has 0 fully saturated rings. The van der Waals surface area contributed by atoms with E-state index in [1.807, 2.05) is 0 Å². The fourth-order valence-electron chi connectivity index (χ4n) is 2.25. The van der Waals surface area contributed by atoms with Crippen molar-refractivity contribution in [1.29, 1.82) is 0 Å². The monoisotopic (exact) mass is 286 g/mol. The molecule has 114 valence electrons. The van der Waals surface area contributed by atoms with Gasteiger partial charge in [0.05, 0.1) is 6.54 Å². The van der Waals surface area contributed by atoms with Crippen LogP contribution in [-0.2, 0) is 12.0 Å². The second-order valence-corrected chi connectivity index (χ2v) is 6.90. The Hall–Kier alpha value is -1.68. The van der Waals surface area contributed by atoms with Crippen molar-refractivity contribution in [2.45, 2.75) is 39.7 Å². The number of rotatable bonds is 4. The van der Waals surface area contributed by atoms with Gasteiger partial charge >= 0.3 is 0 Å². The molecule has 4 nitrogen and oxygen atoms in total. The van der Waals surface area contributed by atoms with Crippen LogP contribution in [0.4, 0.5) is 0 Å². The van der Waals surface area contributed by atoms with Gasteiger partial charge in [-0.1, -0.05) is 44.5 Å². The van der Waals surface area contributed by atoms with Crippen molar-refractivity contribution in [3.8, 4) is 11.4 Å². The van der Waals surface area contributed by atoms with Gasteiger partial charge in [-0.2, -0.15) is 5.10 Å². The summed E-state index contributed by atoms with van der Waals surface area (Å²) in [6, 6.07) is 8.36. The second kappa shape index (κ2) is 5.98. The molecule has 0 saturated carbocycles. The largest absolute Gasteiger partial charge is 0.308 e. The summed E-state index contributed by atoms with van der Waals surface area (Å²) >= 11 is 0. The van der Waals surface area contributed by atoms with Crippen LogP contribution >= 0.6 is 0 Å². The quantitative estimate of drug-likeness (QED) is 0.866. The Labute approximate surface area is 127 Å². The van der Waals surface area contributed by atoms with Gasteiger partial charge in [0, 0.05) is 17.5 Å². The Morgan fingerprint density at radius 2 is 1.90 bits per heavy atom. The van der Waals surface area contributed by atoms with Crippen molar-refractivity contribution in [1.82, 2.24) is 19.7 Å². The lowest BCUT2D eigenvalue weighted by Gasteiger charge is -2.19. The van der Waals surface area contributed by atoms with E-state index in [0.29, 0.717) is 0 Å². The zero-order valence-electron chi connectivity index (χ0n) is 14.0. The first-order chi connectivity index (χ1) is 9.77. The lowest BCUT2D eigenvalue weighted by atomic mass is 9.95. The number of benzene rings is 1. The molecule has 0 atom stereocenters. The molecule has 1 aromatic heterocycles. The van der Waals surface area contributed by atoms with E-state index >= 15 is 0 Å². The van der Waals surface area contributed by atoms with E-state index in [4.69, 9.17) is 10.1 Å². The third-order valence-corrected chi connectivity index (χ3v) is 3.38. The predicted octanol–water partition coefficient (Wildman–Crippen LogP) is 3.11. The summed E-state index contributed by atoms with van der Waals surface area (Å²) in [5, 5.41) is 4.74. The van der Waals surface area contributed by atoms with Crippen LogP contribution in [0.5, 0.6) is 0 Å². The molecule has 0 amide bonds. The highest BCUT2D eigenvalue weighted by atomic mass is 15.4. The summed E-state index contributed by atoms with van der Waals surface area (Å²) in [5.41, 5.74) is 2.31. The van der Waals surface area contributed by atoms with Crippen LogP contribution < -0.4 is 0 Å². The molecule has 0 aliphatic carbocycles. The lowest BCUT2D eigenvalue weighted by molar-refractivity contribution is 0.358. The molecule has 0 radical (unpaired) electrons. The molecule has 0 aliphatic heterocycles. The Morgan fingerprint density at radius 1 is 1.19 bits per heavy atom. The van der Waals surface area contributed by atoms with Gasteiger partial charge in [0.2, 0.25) is 0 Å². The van der Waals surface area contributed by atoms with Gasteiger partial charge in [0.15, 0.2) is 5.82 Å². The van der Waals surface area contributed by atoms with Crippen molar-refractivity contribution in [3.63, 3.8) is 0 Å². The molecule has 0 N–H and O–H groups in total. The summed E-state index contributed by atoms with van der Waals surface area (Å²) < 4.78 is 2.05. The fraction of sp³-hybridized carbons (Fsp3) is 0.529. The summed E-state index contributed by atoms with van der Waals surface area (Å²) in [6.07, 6.45) is 0. The topological polar surface area (TPSA) is 34.0 Å². The summed E-state index contributed by atoms with van der Waals surface area (Å²) in [7, 11) is 4.16. The average Bonchev–Trinajstić information content (AvgIpc) is 2.80. The Bertz CT molecular complexity index is 605. The average molecular weight is 286 g/mol. The minimum Gasteiger partial charge on any atom is -0.308 e. The molecule has 0 spiro atoms. The number of nitrogens with zero attached hydrogens (tertiary/aromatic N) is 4. The molecule has 0 bridgehead atoms. The Kier molecular flexibility index (Phi) is 4.47. The van der Waals surface area contributed by atoms with Crippen molar-refractivity contribution in [2.24, 2.45) is 0 Å². The van der Waals surface area contributed by atoms with E-state index in [0.717, 1.165) is 30.3 Å². The van der Waals surface area contributed by atoms with E-state index in [1.54, 1.807) is 0 Å². The normalized spacial score (nSPS) is 12.1. The van der Waals surface area contributed by atoms with Gasteiger partial charge in [-0.3, -0.25) is 0 Å². The fourth-order valence-corrected chi connectivity index (χ4v) is 2.25. The molecule has 0 aliphatic rings. The van der Waals surface area contributed by atoms with Crippen LogP contribution in [0.3, 0.4) is 0 Å². The Balaban J connectivity index is 2.40. The smallest absolute Gasteiger partial charge is 0.181 e. The molecule has 2 aromatic rings.